The molecule has 4 heteroatoms. The molecule has 1 fully saturated rings. The number of rotatable bonds is 1. The second-order valence-electron chi connectivity index (χ2n) is 6.61. The van der Waals surface area contributed by atoms with Crippen LogP contribution in [0.2, 0.25) is 0 Å². The first-order valence-corrected chi connectivity index (χ1v) is 6.42. The molecule has 0 bridgehead atoms. The largest absolute Gasteiger partial charge is 0.316 e. The molecule has 0 amide bonds. The van der Waals surface area contributed by atoms with Crippen LogP contribution in [0.5, 0.6) is 0 Å². The van der Waals surface area contributed by atoms with Gasteiger partial charge in [0.1, 0.15) is 5.54 Å². The van der Waals surface area contributed by atoms with Crippen LogP contribution >= 0.6 is 22.6 Å². The molecular formula is C11H23IN2O+. The zero-order chi connectivity index (χ0) is 12.3. The van der Waals surface area contributed by atoms with Gasteiger partial charge in [-0.15, -0.1) is 10.3 Å². The molecule has 1 aliphatic rings. The number of quaternary nitrogens is 1. The van der Waals surface area contributed by atoms with E-state index in [1.165, 1.54) is 5.06 Å². The van der Waals surface area contributed by atoms with Gasteiger partial charge < -0.3 is 4.48 Å². The summed E-state index contributed by atoms with van der Waals surface area (Å²) >= 11 is 2.49. The number of likely N-dealkylation sites (N-methyl/N-ethyl adjacent to an activating group) is 1. The van der Waals surface area contributed by atoms with E-state index in [1.54, 1.807) is 0 Å². The molecule has 1 unspecified atom stereocenters. The molecule has 1 radical (unpaired) electrons. The zero-order valence-electron chi connectivity index (χ0n) is 10.9. The molecule has 0 aromatic heterocycles. The number of hydrogen-bond acceptors (Lipinski definition) is 1. The molecule has 0 aromatic carbocycles. The van der Waals surface area contributed by atoms with Crippen LogP contribution in [0.1, 0.15) is 34.1 Å². The van der Waals surface area contributed by atoms with Crippen LogP contribution in [0.3, 0.4) is 0 Å². The van der Waals surface area contributed by atoms with Crippen molar-refractivity contribution in [3.8, 4) is 0 Å². The summed E-state index contributed by atoms with van der Waals surface area (Å²) in [7, 11) is 6.51. The Morgan fingerprint density at radius 1 is 1.13 bits per heavy atom. The summed E-state index contributed by atoms with van der Waals surface area (Å²) in [4.78, 5) is 0. The third-order valence-electron chi connectivity index (χ3n) is 3.73. The van der Waals surface area contributed by atoms with Crippen molar-refractivity contribution in [3.05, 3.63) is 0 Å². The Morgan fingerprint density at radius 3 is 1.67 bits per heavy atom. The van der Waals surface area contributed by atoms with E-state index in [2.05, 4.69) is 57.6 Å². The minimum Gasteiger partial charge on any atom is -0.316 e. The van der Waals surface area contributed by atoms with Gasteiger partial charge in [-0.25, -0.2) is 0 Å². The van der Waals surface area contributed by atoms with Crippen molar-refractivity contribution < 1.29 is 9.69 Å². The molecule has 1 rings (SSSR count). The summed E-state index contributed by atoms with van der Waals surface area (Å²) in [5.41, 5.74) is -0.606. The van der Waals surface area contributed by atoms with Crippen molar-refractivity contribution in [1.29, 1.82) is 0 Å². The summed E-state index contributed by atoms with van der Waals surface area (Å²) in [6, 6.07) is 0. The van der Waals surface area contributed by atoms with E-state index in [0.717, 1.165) is 10.9 Å². The summed E-state index contributed by atoms with van der Waals surface area (Å²) in [5, 5.41) is 13.6. The van der Waals surface area contributed by atoms with Crippen LogP contribution < -0.4 is 0 Å². The minimum absolute atomic E-state index is 0.0456. The standard InChI is InChI=1S/C11H23IN2O/c1-9(2)8-11(12,14(5,6)7)10(3,4)13(9)15/h8H2,1-7H3/q+1. The third-order valence-corrected chi connectivity index (χ3v) is 6.87. The normalized spacial score (nSPS) is 35.8. The predicted octanol–water partition coefficient (Wildman–Crippen LogP) is 2.43. The lowest BCUT2D eigenvalue weighted by Gasteiger charge is -2.47. The van der Waals surface area contributed by atoms with Gasteiger partial charge in [0, 0.05) is 6.42 Å². The fourth-order valence-electron chi connectivity index (χ4n) is 2.83. The number of hydroxylamine groups is 2. The van der Waals surface area contributed by atoms with Gasteiger partial charge in [-0.2, -0.15) is 0 Å². The lowest BCUT2D eigenvalue weighted by molar-refractivity contribution is -0.905. The summed E-state index contributed by atoms with van der Waals surface area (Å²) in [6.07, 6.45) is 0.917. The molecule has 1 atom stereocenters. The molecular weight excluding hydrogens is 303 g/mol. The van der Waals surface area contributed by atoms with Crippen LogP contribution in [0.15, 0.2) is 0 Å². The first-order valence-electron chi connectivity index (χ1n) is 5.34. The Balaban J connectivity index is 3.25. The average Bonchev–Trinajstić information content (AvgIpc) is 2.09. The maximum absolute atomic E-state index is 12.3. The fraction of sp³-hybridized carbons (Fsp3) is 1.00. The van der Waals surface area contributed by atoms with Crippen LogP contribution in [-0.2, 0) is 5.21 Å². The van der Waals surface area contributed by atoms with E-state index in [9.17, 15) is 5.21 Å². The van der Waals surface area contributed by atoms with Gasteiger partial charge in [0.15, 0.2) is 3.55 Å². The third kappa shape index (κ3) is 1.73. The molecule has 0 aliphatic carbocycles. The molecule has 89 valence electrons. The monoisotopic (exact) mass is 326 g/mol. The van der Waals surface area contributed by atoms with E-state index in [0.29, 0.717) is 0 Å². The first-order chi connectivity index (χ1) is 6.36. The Labute approximate surface area is 107 Å². The van der Waals surface area contributed by atoms with Crippen molar-refractivity contribution >= 4 is 22.6 Å². The zero-order valence-corrected chi connectivity index (χ0v) is 13.0. The van der Waals surface area contributed by atoms with Crippen LogP contribution in [-0.4, -0.2) is 45.3 Å². The Hall–Kier alpha value is 0.610. The highest BCUT2D eigenvalue weighted by atomic mass is 127. The topological polar surface area (TPSA) is 23.1 Å². The fourth-order valence-corrected chi connectivity index (χ4v) is 3.98. The van der Waals surface area contributed by atoms with Gasteiger partial charge in [-0.1, -0.05) is 0 Å². The van der Waals surface area contributed by atoms with E-state index >= 15 is 0 Å². The maximum atomic E-state index is 12.3. The van der Waals surface area contributed by atoms with Gasteiger partial charge in [-0.3, -0.25) is 0 Å². The second kappa shape index (κ2) is 3.31. The van der Waals surface area contributed by atoms with E-state index in [1.807, 2.05) is 13.8 Å². The van der Waals surface area contributed by atoms with Gasteiger partial charge >= 0.3 is 0 Å². The van der Waals surface area contributed by atoms with Crippen LogP contribution in [0.4, 0.5) is 0 Å². The highest BCUT2D eigenvalue weighted by Crippen LogP contribution is 2.54. The van der Waals surface area contributed by atoms with E-state index in [-0.39, 0.29) is 14.6 Å². The van der Waals surface area contributed by atoms with Gasteiger partial charge in [0.05, 0.1) is 26.7 Å². The van der Waals surface area contributed by atoms with Crippen molar-refractivity contribution in [2.24, 2.45) is 0 Å². The quantitative estimate of drug-likeness (QED) is 0.314. The lowest BCUT2D eigenvalue weighted by Crippen LogP contribution is -2.64. The van der Waals surface area contributed by atoms with E-state index < -0.39 is 0 Å². The highest BCUT2D eigenvalue weighted by Gasteiger charge is 2.67. The molecule has 0 spiro atoms. The predicted molar refractivity (Wildman–Crippen MR) is 70.1 cm³/mol. The molecule has 3 nitrogen and oxygen atoms in total. The first kappa shape index (κ1) is 13.7. The van der Waals surface area contributed by atoms with E-state index in [4.69, 9.17) is 0 Å². The van der Waals surface area contributed by atoms with Gasteiger partial charge in [-0.05, 0) is 50.3 Å². The molecule has 0 aromatic rings. The SMILES string of the molecule is CC1(C)CC(I)([N+](C)(C)C)C(C)(C)N1[O]. The summed E-state index contributed by atoms with van der Waals surface area (Å²) in [6.45, 7) is 8.20. The number of hydrogen-bond donors (Lipinski definition) is 0. The van der Waals surface area contributed by atoms with Crippen molar-refractivity contribution in [3.63, 3.8) is 0 Å². The lowest BCUT2D eigenvalue weighted by atomic mass is 9.92. The van der Waals surface area contributed by atoms with Crippen LogP contribution in [0.25, 0.3) is 0 Å². The molecule has 0 saturated carbocycles. The molecule has 0 N–H and O–H groups in total. The smallest absolute Gasteiger partial charge is 0.171 e. The van der Waals surface area contributed by atoms with Crippen LogP contribution in [0, 0.1) is 0 Å². The molecule has 1 saturated heterocycles. The second-order valence-corrected chi connectivity index (χ2v) is 8.40. The molecule has 1 aliphatic heterocycles. The molecule has 15 heavy (non-hydrogen) atoms. The Morgan fingerprint density at radius 2 is 1.53 bits per heavy atom. The van der Waals surface area contributed by atoms with Gasteiger partial charge in [0.25, 0.3) is 0 Å². The number of halogens is 1. The van der Waals surface area contributed by atoms with Gasteiger partial charge in [0.2, 0.25) is 0 Å². The average molecular weight is 326 g/mol. The van der Waals surface area contributed by atoms with Crippen molar-refractivity contribution in [1.82, 2.24) is 5.06 Å². The minimum atomic E-state index is -0.338. The Bertz CT molecular complexity index is 267. The Kier molecular flexibility index (Phi) is 3.01. The number of alkyl halides is 1. The van der Waals surface area contributed by atoms with Crippen molar-refractivity contribution in [2.75, 3.05) is 21.1 Å². The number of nitrogens with zero attached hydrogens (tertiary/aromatic N) is 2. The molecule has 1 heterocycles. The summed E-state index contributed by atoms with van der Waals surface area (Å²) < 4.78 is 0.763. The van der Waals surface area contributed by atoms with Crippen molar-refractivity contribution in [2.45, 2.75) is 48.7 Å². The summed E-state index contributed by atoms with van der Waals surface area (Å²) in [5.74, 6) is 0. The maximum Gasteiger partial charge on any atom is 0.171 e. The highest BCUT2D eigenvalue weighted by molar-refractivity contribution is 14.1.